The maximum Gasteiger partial charge on any atom is 0.269 e. The molecule has 0 aliphatic rings. The Labute approximate surface area is 178 Å². The fraction of sp³-hybridized carbons (Fsp3) is 0.136. The van der Waals surface area contributed by atoms with Gasteiger partial charge in [-0.25, -0.2) is 9.97 Å². The standard InChI is InChI=1S/C22H22N6OS/c1-30-22-25-19-18(11-12-24-19)20(26-22)27-28-21(29)17-9-7-16(8-10-17)14-23-13-15-5-3-2-4-6-15/h2-12,23H,13-14H2,1H3,(H,28,29)(H2,24,25,26,27). The lowest BCUT2D eigenvalue weighted by Crippen LogP contribution is -2.30. The third kappa shape index (κ3) is 4.79. The van der Waals surface area contributed by atoms with Crippen LogP contribution in [0.1, 0.15) is 21.5 Å². The molecule has 0 saturated heterocycles. The fourth-order valence-electron chi connectivity index (χ4n) is 3.02. The smallest absolute Gasteiger partial charge is 0.269 e. The van der Waals surface area contributed by atoms with Crippen LogP contribution in [0.15, 0.2) is 72.0 Å². The Bertz CT molecular complexity index is 1130. The Balaban J connectivity index is 1.33. The highest BCUT2D eigenvalue weighted by atomic mass is 32.2. The summed E-state index contributed by atoms with van der Waals surface area (Å²) in [5.74, 6) is 0.326. The van der Waals surface area contributed by atoms with Crippen LogP contribution in [0.25, 0.3) is 11.0 Å². The van der Waals surface area contributed by atoms with Gasteiger partial charge in [0.2, 0.25) is 0 Å². The number of nitrogens with one attached hydrogen (secondary N) is 4. The molecule has 4 N–H and O–H groups in total. The molecule has 0 saturated carbocycles. The number of hydrogen-bond acceptors (Lipinski definition) is 6. The molecule has 0 aliphatic heterocycles. The number of thioether (sulfide) groups is 1. The number of fused-ring (bicyclic) bond motifs is 1. The lowest BCUT2D eigenvalue weighted by molar-refractivity contribution is 0.0962. The maximum atomic E-state index is 12.5. The molecule has 30 heavy (non-hydrogen) atoms. The van der Waals surface area contributed by atoms with Crippen molar-refractivity contribution in [3.05, 3.63) is 83.6 Å². The van der Waals surface area contributed by atoms with E-state index in [0.29, 0.717) is 16.5 Å². The zero-order valence-electron chi connectivity index (χ0n) is 16.5. The normalized spacial score (nSPS) is 10.8. The van der Waals surface area contributed by atoms with Gasteiger partial charge in [0.15, 0.2) is 11.0 Å². The van der Waals surface area contributed by atoms with Crippen molar-refractivity contribution >= 4 is 34.5 Å². The molecular weight excluding hydrogens is 396 g/mol. The molecule has 0 spiro atoms. The molecule has 0 fully saturated rings. The van der Waals surface area contributed by atoms with Crippen LogP contribution in [0.4, 0.5) is 5.82 Å². The van der Waals surface area contributed by atoms with Gasteiger partial charge in [-0.2, -0.15) is 0 Å². The molecule has 8 heteroatoms. The number of carbonyl (C=O) groups excluding carboxylic acids is 1. The van der Waals surface area contributed by atoms with Crippen LogP contribution in [-0.2, 0) is 13.1 Å². The third-order valence-electron chi connectivity index (χ3n) is 4.59. The number of amides is 1. The monoisotopic (exact) mass is 418 g/mol. The minimum Gasteiger partial charge on any atom is -0.346 e. The van der Waals surface area contributed by atoms with Crippen molar-refractivity contribution in [2.24, 2.45) is 0 Å². The van der Waals surface area contributed by atoms with E-state index in [0.717, 1.165) is 29.7 Å². The number of rotatable bonds is 8. The van der Waals surface area contributed by atoms with Gasteiger partial charge in [0.05, 0.1) is 5.39 Å². The molecule has 0 atom stereocenters. The van der Waals surface area contributed by atoms with Gasteiger partial charge >= 0.3 is 0 Å². The summed E-state index contributed by atoms with van der Waals surface area (Å²) in [6, 6.07) is 19.7. The Morgan fingerprint density at radius 2 is 1.70 bits per heavy atom. The molecule has 0 unspecified atom stereocenters. The van der Waals surface area contributed by atoms with Crippen LogP contribution in [-0.4, -0.2) is 27.1 Å². The number of H-pyrrole nitrogens is 1. The second-order valence-electron chi connectivity index (χ2n) is 6.66. The molecule has 2 heterocycles. The second kappa shape index (κ2) is 9.43. The predicted molar refractivity (Wildman–Crippen MR) is 120 cm³/mol. The molecular formula is C22H22N6OS. The van der Waals surface area contributed by atoms with Gasteiger partial charge in [-0.1, -0.05) is 54.2 Å². The van der Waals surface area contributed by atoms with Crippen LogP contribution in [0.3, 0.4) is 0 Å². The largest absolute Gasteiger partial charge is 0.346 e. The van der Waals surface area contributed by atoms with E-state index in [1.54, 1.807) is 6.20 Å². The lowest BCUT2D eigenvalue weighted by atomic mass is 10.1. The van der Waals surface area contributed by atoms with Crippen molar-refractivity contribution in [3.63, 3.8) is 0 Å². The minimum atomic E-state index is -0.230. The van der Waals surface area contributed by atoms with Crippen molar-refractivity contribution in [2.75, 3.05) is 11.7 Å². The Kier molecular flexibility index (Phi) is 6.26. The molecule has 2 aromatic carbocycles. The molecule has 2 aromatic heterocycles. The molecule has 0 radical (unpaired) electrons. The number of anilines is 1. The summed E-state index contributed by atoms with van der Waals surface area (Å²) in [5, 5.41) is 4.84. The van der Waals surface area contributed by atoms with Gasteiger partial charge in [-0.3, -0.25) is 15.6 Å². The summed E-state index contributed by atoms with van der Waals surface area (Å²) >= 11 is 1.44. The topological polar surface area (TPSA) is 94.7 Å². The molecule has 152 valence electrons. The van der Waals surface area contributed by atoms with Gasteiger partial charge < -0.3 is 10.3 Å². The summed E-state index contributed by atoms with van der Waals surface area (Å²) in [4.78, 5) is 24.4. The van der Waals surface area contributed by atoms with Gasteiger partial charge in [0.25, 0.3) is 5.91 Å². The van der Waals surface area contributed by atoms with Crippen molar-refractivity contribution in [1.29, 1.82) is 0 Å². The highest BCUT2D eigenvalue weighted by Gasteiger charge is 2.10. The Morgan fingerprint density at radius 3 is 2.43 bits per heavy atom. The van der Waals surface area contributed by atoms with E-state index in [9.17, 15) is 4.79 Å². The first-order valence-corrected chi connectivity index (χ1v) is 10.7. The Hall–Kier alpha value is -3.36. The number of aromatic nitrogens is 3. The van der Waals surface area contributed by atoms with Crippen LogP contribution >= 0.6 is 11.8 Å². The number of nitrogens with zero attached hydrogens (tertiary/aromatic N) is 2. The first-order chi connectivity index (χ1) is 14.7. The molecule has 0 aliphatic carbocycles. The van der Waals surface area contributed by atoms with Crippen LogP contribution in [0, 0.1) is 0 Å². The van der Waals surface area contributed by atoms with Gasteiger partial charge in [0.1, 0.15) is 5.65 Å². The SMILES string of the molecule is CSc1nc(NNC(=O)c2ccc(CNCc3ccccc3)cc2)c2cc[nH]c2n1. The van der Waals surface area contributed by atoms with E-state index < -0.39 is 0 Å². The van der Waals surface area contributed by atoms with Gasteiger partial charge in [-0.05, 0) is 35.6 Å². The van der Waals surface area contributed by atoms with Gasteiger partial charge in [0, 0.05) is 24.8 Å². The van der Waals surface area contributed by atoms with Gasteiger partial charge in [-0.15, -0.1) is 0 Å². The van der Waals surface area contributed by atoms with E-state index in [2.05, 4.69) is 43.3 Å². The molecule has 1 amide bonds. The van der Waals surface area contributed by atoms with Crippen LogP contribution in [0.5, 0.6) is 0 Å². The number of benzene rings is 2. The highest BCUT2D eigenvalue weighted by molar-refractivity contribution is 7.98. The third-order valence-corrected chi connectivity index (χ3v) is 5.14. The first-order valence-electron chi connectivity index (χ1n) is 9.52. The summed E-state index contributed by atoms with van der Waals surface area (Å²) in [6.07, 6.45) is 3.70. The van der Waals surface area contributed by atoms with E-state index in [-0.39, 0.29) is 5.91 Å². The number of carbonyl (C=O) groups is 1. The number of hydrazine groups is 1. The predicted octanol–water partition coefficient (Wildman–Crippen LogP) is 3.73. The van der Waals surface area contributed by atoms with Crippen LogP contribution in [0.2, 0.25) is 0 Å². The first kappa shape index (κ1) is 19.9. The minimum absolute atomic E-state index is 0.230. The Morgan fingerprint density at radius 1 is 0.967 bits per heavy atom. The zero-order valence-corrected chi connectivity index (χ0v) is 17.3. The summed E-state index contributed by atoms with van der Waals surface area (Å²) < 4.78 is 0. The van der Waals surface area contributed by atoms with E-state index in [1.807, 2.05) is 54.8 Å². The summed E-state index contributed by atoms with van der Waals surface area (Å²) in [6.45, 7) is 1.54. The average molecular weight is 419 g/mol. The molecule has 4 aromatic rings. The van der Waals surface area contributed by atoms with Crippen molar-refractivity contribution < 1.29 is 4.79 Å². The van der Waals surface area contributed by atoms with E-state index in [4.69, 9.17) is 0 Å². The molecule has 7 nitrogen and oxygen atoms in total. The maximum absolute atomic E-state index is 12.5. The highest BCUT2D eigenvalue weighted by Crippen LogP contribution is 2.22. The van der Waals surface area contributed by atoms with Crippen molar-refractivity contribution in [3.8, 4) is 0 Å². The van der Waals surface area contributed by atoms with E-state index in [1.165, 1.54) is 17.3 Å². The molecule has 4 rings (SSSR count). The lowest BCUT2D eigenvalue weighted by Gasteiger charge is -2.10. The second-order valence-corrected chi connectivity index (χ2v) is 7.44. The number of hydrogen-bond donors (Lipinski definition) is 4. The zero-order chi connectivity index (χ0) is 20.8. The van der Waals surface area contributed by atoms with E-state index >= 15 is 0 Å². The quantitative estimate of drug-likeness (QED) is 0.198. The number of aromatic amines is 1. The summed E-state index contributed by atoms with van der Waals surface area (Å²) in [7, 11) is 0. The average Bonchev–Trinajstić information content (AvgIpc) is 3.27. The van der Waals surface area contributed by atoms with Crippen LogP contribution < -0.4 is 16.2 Å². The molecule has 0 bridgehead atoms. The summed E-state index contributed by atoms with van der Waals surface area (Å²) in [5.41, 5.74) is 9.28. The van der Waals surface area contributed by atoms with Crippen molar-refractivity contribution in [1.82, 2.24) is 25.7 Å². The van der Waals surface area contributed by atoms with Crippen molar-refractivity contribution in [2.45, 2.75) is 18.2 Å². The fourth-order valence-corrected chi connectivity index (χ4v) is 3.38.